The number of primary amides is 1. The molecule has 0 aliphatic carbocycles. The maximum atomic E-state index is 12.2. The highest BCUT2D eigenvalue weighted by Crippen LogP contribution is 2.33. The number of aryl methyl sites for hydroxylation is 1. The van der Waals surface area contributed by atoms with Crippen molar-refractivity contribution in [2.75, 3.05) is 6.61 Å². The number of ether oxygens (including phenoxy) is 1. The fourth-order valence-electron chi connectivity index (χ4n) is 4.28. The number of aromatic nitrogens is 1. The van der Waals surface area contributed by atoms with Crippen LogP contribution in [0.5, 0.6) is 5.75 Å². The number of hydrogen-bond donors (Lipinski definition) is 1. The maximum Gasteiger partial charge on any atom is 0.249 e. The van der Waals surface area contributed by atoms with Gasteiger partial charge in [-0.3, -0.25) is 4.79 Å². The van der Waals surface area contributed by atoms with Crippen LogP contribution < -0.4 is 10.5 Å². The largest absolute Gasteiger partial charge is 0.494 e. The van der Waals surface area contributed by atoms with Crippen LogP contribution in [0.1, 0.15) is 54.6 Å². The fourth-order valence-corrected chi connectivity index (χ4v) is 4.28. The number of rotatable bonds is 9. The van der Waals surface area contributed by atoms with Gasteiger partial charge in [-0.15, -0.1) is 0 Å². The van der Waals surface area contributed by atoms with E-state index in [2.05, 4.69) is 47.9 Å². The number of amides is 1. The van der Waals surface area contributed by atoms with Crippen molar-refractivity contribution in [3.63, 3.8) is 0 Å². The predicted molar refractivity (Wildman–Crippen MR) is 127 cm³/mol. The van der Waals surface area contributed by atoms with Crippen molar-refractivity contribution in [1.29, 1.82) is 0 Å². The van der Waals surface area contributed by atoms with Crippen molar-refractivity contribution in [2.45, 2.75) is 46.1 Å². The Morgan fingerprint density at radius 1 is 1.03 bits per heavy atom. The van der Waals surface area contributed by atoms with Crippen LogP contribution in [0.25, 0.3) is 21.8 Å². The number of carbonyl (C=O) groups excluding carboxylic acids is 1. The Hall–Kier alpha value is -3.27. The summed E-state index contributed by atoms with van der Waals surface area (Å²) < 4.78 is 7.95. The Labute approximate surface area is 183 Å². The molecule has 0 saturated carbocycles. The van der Waals surface area contributed by atoms with Gasteiger partial charge in [-0.1, -0.05) is 44.0 Å². The second kappa shape index (κ2) is 9.25. The van der Waals surface area contributed by atoms with Crippen molar-refractivity contribution in [2.24, 2.45) is 5.73 Å². The van der Waals surface area contributed by atoms with Gasteiger partial charge in [-0.05, 0) is 67.3 Å². The quantitative estimate of drug-likeness (QED) is 0.349. The minimum Gasteiger partial charge on any atom is -0.494 e. The highest BCUT2D eigenvalue weighted by Gasteiger charge is 2.17. The molecule has 0 bridgehead atoms. The summed E-state index contributed by atoms with van der Waals surface area (Å²) in [5, 5.41) is 1.83. The first-order valence-corrected chi connectivity index (χ1v) is 11.1. The van der Waals surface area contributed by atoms with Crippen molar-refractivity contribution in [3.8, 4) is 5.75 Å². The van der Waals surface area contributed by atoms with E-state index < -0.39 is 5.91 Å². The summed E-state index contributed by atoms with van der Waals surface area (Å²) in [4.78, 5) is 12.2. The summed E-state index contributed by atoms with van der Waals surface area (Å²) in [5.74, 6) is 0.453. The molecule has 4 aromatic rings. The number of nitrogens with two attached hydrogens (primary N) is 1. The smallest absolute Gasteiger partial charge is 0.249 e. The zero-order valence-corrected chi connectivity index (χ0v) is 18.3. The third kappa shape index (κ3) is 4.29. The molecule has 0 spiro atoms. The molecule has 31 heavy (non-hydrogen) atoms. The zero-order chi connectivity index (χ0) is 21.8. The molecule has 4 rings (SSSR count). The van der Waals surface area contributed by atoms with Crippen molar-refractivity contribution in [3.05, 3.63) is 77.4 Å². The number of fused-ring (bicyclic) bond motifs is 3. The van der Waals surface area contributed by atoms with Gasteiger partial charge in [0.1, 0.15) is 5.75 Å². The molecule has 1 heterocycles. The molecule has 0 unspecified atom stereocenters. The molecule has 1 radical (unpaired) electrons. The van der Waals surface area contributed by atoms with E-state index in [0.717, 1.165) is 39.5 Å². The number of hydrogen-bond acceptors (Lipinski definition) is 2. The third-order valence-electron chi connectivity index (χ3n) is 5.74. The minimum absolute atomic E-state index is 0.414. The molecule has 3 aromatic carbocycles. The second-order valence-corrected chi connectivity index (χ2v) is 7.96. The van der Waals surface area contributed by atoms with Gasteiger partial charge in [0, 0.05) is 22.9 Å². The van der Waals surface area contributed by atoms with Gasteiger partial charge >= 0.3 is 0 Å². The van der Waals surface area contributed by atoms with Gasteiger partial charge in [0.05, 0.1) is 17.6 Å². The third-order valence-corrected chi connectivity index (χ3v) is 5.74. The Kier molecular flexibility index (Phi) is 6.26. The average Bonchev–Trinajstić information content (AvgIpc) is 3.07. The monoisotopic (exact) mass is 413 g/mol. The first kappa shape index (κ1) is 21.0. The van der Waals surface area contributed by atoms with Crippen LogP contribution in [0.3, 0.4) is 0 Å². The Morgan fingerprint density at radius 2 is 1.87 bits per heavy atom. The lowest BCUT2D eigenvalue weighted by Gasteiger charge is -2.11. The van der Waals surface area contributed by atoms with Crippen LogP contribution in [0, 0.1) is 6.07 Å². The summed E-state index contributed by atoms with van der Waals surface area (Å²) in [6, 6.07) is 21.7. The topological polar surface area (TPSA) is 57.2 Å². The van der Waals surface area contributed by atoms with E-state index in [1.54, 1.807) is 6.07 Å². The van der Waals surface area contributed by atoms with Crippen LogP contribution in [0.15, 0.2) is 54.6 Å². The van der Waals surface area contributed by atoms with Crippen LogP contribution in [-0.4, -0.2) is 17.1 Å². The van der Waals surface area contributed by atoms with Crippen LogP contribution >= 0.6 is 0 Å². The van der Waals surface area contributed by atoms with Gasteiger partial charge in [0.15, 0.2) is 0 Å². The SMILES string of the molecule is CCCCCc1c[c]c2c3c(C(N)=O)cccc3n(Cc3cccc(OCC)c3)c2c1. The van der Waals surface area contributed by atoms with Crippen molar-refractivity contribution >= 4 is 27.7 Å². The maximum absolute atomic E-state index is 12.2. The van der Waals surface area contributed by atoms with Gasteiger partial charge < -0.3 is 15.0 Å². The molecular weight excluding hydrogens is 384 g/mol. The highest BCUT2D eigenvalue weighted by atomic mass is 16.5. The first-order chi connectivity index (χ1) is 15.1. The molecule has 2 N–H and O–H groups in total. The van der Waals surface area contributed by atoms with E-state index in [9.17, 15) is 4.79 Å². The van der Waals surface area contributed by atoms with Crippen LogP contribution in [0.2, 0.25) is 0 Å². The molecule has 0 aliphatic rings. The lowest BCUT2D eigenvalue weighted by molar-refractivity contribution is 0.100. The van der Waals surface area contributed by atoms with Crippen LogP contribution in [0.4, 0.5) is 0 Å². The lowest BCUT2D eigenvalue weighted by Crippen LogP contribution is -2.11. The molecule has 159 valence electrons. The first-order valence-electron chi connectivity index (χ1n) is 11.1. The minimum atomic E-state index is -0.414. The summed E-state index contributed by atoms with van der Waals surface area (Å²) >= 11 is 0. The van der Waals surface area contributed by atoms with Gasteiger partial charge in [-0.25, -0.2) is 0 Å². The van der Waals surface area contributed by atoms with E-state index in [0.29, 0.717) is 18.7 Å². The fraction of sp³-hybridized carbons (Fsp3) is 0.296. The summed E-state index contributed by atoms with van der Waals surface area (Å²) in [6.45, 7) is 5.52. The number of benzene rings is 3. The van der Waals surface area contributed by atoms with Crippen LogP contribution in [-0.2, 0) is 13.0 Å². The second-order valence-electron chi connectivity index (χ2n) is 7.96. The van der Waals surface area contributed by atoms with Crippen molar-refractivity contribution < 1.29 is 9.53 Å². The molecule has 0 fully saturated rings. The molecule has 0 saturated heterocycles. The summed E-state index contributed by atoms with van der Waals surface area (Å²) in [5.41, 5.74) is 10.8. The van der Waals surface area contributed by atoms with E-state index in [1.807, 2.05) is 25.1 Å². The van der Waals surface area contributed by atoms with E-state index >= 15 is 0 Å². The molecule has 4 nitrogen and oxygen atoms in total. The zero-order valence-electron chi connectivity index (χ0n) is 18.3. The van der Waals surface area contributed by atoms with Gasteiger partial charge in [-0.2, -0.15) is 0 Å². The predicted octanol–water partition coefficient (Wildman–Crippen LogP) is 5.87. The number of carbonyl (C=O) groups is 1. The van der Waals surface area contributed by atoms with E-state index in [-0.39, 0.29) is 0 Å². The van der Waals surface area contributed by atoms with E-state index in [1.165, 1.54) is 24.8 Å². The Bertz CT molecular complexity index is 1220. The molecule has 0 atom stereocenters. The molecule has 1 amide bonds. The molecule has 4 heteroatoms. The standard InChI is InChI=1S/C27H29N2O2/c1-3-5-6-9-19-14-15-22-25(17-19)29(18-20-10-7-11-21(16-20)31-4-2)24-13-8-12-23(26(22)24)27(28)30/h7-8,10-14,16-17H,3-6,9,18H2,1-2H3,(H2,28,30). The van der Waals surface area contributed by atoms with Crippen molar-refractivity contribution in [1.82, 2.24) is 4.57 Å². The lowest BCUT2D eigenvalue weighted by atomic mass is 10.0. The molecule has 0 aliphatic heterocycles. The Balaban J connectivity index is 1.87. The average molecular weight is 414 g/mol. The van der Waals surface area contributed by atoms with Gasteiger partial charge in [0.25, 0.3) is 0 Å². The highest BCUT2D eigenvalue weighted by molar-refractivity contribution is 6.17. The van der Waals surface area contributed by atoms with Gasteiger partial charge in [0.2, 0.25) is 5.91 Å². The molecule has 1 aromatic heterocycles. The number of unbranched alkanes of at least 4 members (excludes halogenated alkanes) is 2. The normalized spacial score (nSPS) is 11.3. The van der Waals surface area contributed by atoms with E-state index in [4.69, 9.17) is 10.5 Å². The summed E-state index contributed by atoms with van der Waals surface area (Å²) in [7, 11) is 0. The Morgan fingerprint density at radius 3 is 2.65 bits per heavy atom. The number of nitrogens with zero attached hydrogens (tertiary/aromatic N) is 1. The summed E-state index contributed by atoms with van der Waals surface area (Å²) in [6.07, 6.45) is 4.62. The molecular formula is C27H29N2O2.